The van der Waals surface area contributed by atoms with Gasteiger partial charge in [-0.1, -0.05) is 0 Å². The summed E-state index contributed by atoms with van der Waals surface area (Å²) >= 11 is 0. The van der Waals surface area contributed by atoms with Crippen molar-refractivity contribution in [3.63, 3.8) is 0 Å². The topological polar surface area (TPSA) is 41.6 Å². The normalized spacial score (nSPS) is 13.8. The van der Waals surface area contributed by atoms with Gasteiger partial charge in [-0.25, -0.2) is 0 Å². The molecule has 1 N–H and O–H groups in total. The molecule has 0 fully saturated rings. The number of aryl methyl sites for hydroxylation is 1. The summed E-state index contributed by atoms with van der Waals surface area (Å²) in [5, 5.41) is 2.95. The molecule has 104 valence electrons. The SMILES string of the molecule is CN(C)CCCNC(=O)c1ccc2c(c1)CCCO2. The molecule has 0 spiro atoms. The molecule has 0 aromatic heterocycles. The van der Waals surface area contributed by atoms with Gasteiger partial charge in [0.25, 0.3) is 5.91 Å². The lowest BCUT2D eigenvalue weighted by Gasteiger charge is -2.17. The average molecular weight is 262 g/mol. The number of rotatable bonds is 5. The number of hydrogen-bond acceptors (Lipinski definition) is 3. The second kappa shape index (κ2) is 6.57. The lowest BCUT2D eigenvalue weighted by Crippen LogP contribution is -2.27. The van der Waals surface area contributed by atoms with Crippen LogP contribution in [0.5, 0.6) is 5.75 Å². The predicted octanol–water partition coefficient (Wildman–Crippen LogP) is 1.69. The number of nitrogens with zero attached hydrogens (tertiary/aromatic N) is 1. The molecule has 4 nitrogen and oxygen atoms in total. The first-order valence-corrected chi connectivity index (χ1v) is 6.85. The molecule has 0 saturated carbocycles. The molecule has 1 aliphatic rings. The predicted molar refractivity (Wildman–Crippen MR) is 75.8 cm³/mol. The van der Waals surface area contributed by atoms with Crippen LogP contribution in [0.1, 0.15) is 28.8 Å². The van der Waals surface area contributed by atoms with Crippen molar-refractivity contribution in [1.29, 1.82) is 0 Å². The van der Waals surface area contributed by atoms with Gasteiger partial charge >= 0.3 is 0 Å². The van der Waals surface area contributed by atoms with Crippen molar-refractivity contribution in [2.75, 3.05) is 33.8 Å². The van der Waals surface area contributed by atoms with E-state index in [2.05, 4.69) is 10.2 Å². The van der Waals surface area contributed by atoms with Gasteiger partial charge in [0.15, 0.2) is 0 Å². The third kappa shape index (κ3) is 3.96. The molecular weight excluding hydrogens is 240 g/mol. The quantitative estimate of drug-likeness (QED) is 0.821. The van der Waals surface area contributed by atoms with Gasteiger partial charge < -0.3 is 15.0 Å². The van der Waals surface area contributed by atoms with Crippen LogP contribution in [0.15, 0.2) is 18.2 Å². The van der Waals surface area contributed by atoms with Crippen LogP contribution in [0, 0.1) is 0 Å². The van der Waals surface area contributed by atoms with E-state index < -0.39 is 0 Å². The van der Waals surface area contributed by atoms with Crippen LogP contribution in [-0.4, -0.2) is 44.6 Å². The van der Waals surface area contributed by atoms with Crippen LogP contribution >= 0.6 is 0 Å². The van der Waals surface area contributed by atoms with Gasteiger partial charge in [0.2, 0.25) is 0 Å². The lowest BCUT2D eigenvalue weighted by atomic mass is 10.0. The van der Waals surface area contributed by atoms with Crippen LogP contribution in [0.3, 0.4) is 0 Å². The van der Waals surface area contributed by atoms with Gasteiger partial charge in [-0.05, 0) is 63.7 Å². The molecule has 1 aromatic rings. The number of hydrogen-bond donors (Lipinski definition) is 1. The molecule has 4 heteroatoms. The Morgan fingerprint density at radius 3 is 3.05 bits per heavy atom. The first-order chi connectivity index (χ1) is 9.16. The highest BCUT2D eigenvalue weighted by molar-refractivity contribution is 5.94. The highest BCUT2D eigenvalue weighted by Crippen LogP contribution is 2.25. The van der Waals surface area contributed by atoms with Crippen LogP contribution in [0.2, 0.25) is 0 Å². The highest BCUT2D eigenvalue weighted by atomic mass is 16.5. The van der Waals surface area contributed by atoms with Gasteiger partial charge in [0.1, 0.15) is 5.75 Å². The maximum atomic E-state index is 12.0. The van der Waals surface area contributed by atoms with E-state index in [0.717, 1.165) is 49.3 Å². The van der Waals surface area contributed by atoms with Crippen molar-refractivity contribution in [1.82, 2.24) is 10.2 Å². The second-order valence-corrected chi connectivity index (χ2v) is 5.19. The summed E-state index contributed by atoms with van der Waals surface area (Å²) in [5.74, 6) is 0.933. The van der Waals surface area contributed by atoms with E-state index in [0.29, 0.717) is 6.54 Å². The molecular formula is C15H22N2O2. The Balaban J connectivity index is 1.88. The van der Waals surface area contributed by atoms with Gasteiger partial charge in [0, 0.05) is 12.1 Å². The molecule has 1 amide bonds. The first-order valence-electron chi connectivity index (χ1n) is 6.85. The number of nitrogens with one attached hydrogen (secondary N) is 1. The highest BCUT2D eigenvalue weighted by Gasteiger charge is 2.13. The number of carbonyl (C=O) groups is 1. The fourth-order valence-corrected chi connectivity index (χ4v) is 2.20. The van der Waals surface area contributed by atoms with E-state index in [1.807, 2.05) is 32.3 Å². The number of amides is 1. The molecule has 0 bridgehead atoms. The number of carbonyl (C=O) groups excluding carboxylic acids is 1. The van der Waals surface area contributed by atoms with Crippen molar-refractivity contribution in [3.05, 3.63) is 29.3 Å². The molecule has 0 aliphatic carbocycles. The summed E-state index contributed by atoms with van der Waals surface area (Å²) in [5.41, 5.74) is 1.88. The third-order valence-electron chi connectivity index (χ3n) is 3.24. The van der Waals surface area contributed by atoms with Crippen LogP contribution in [-0.2, 0) is 6.42 Å². The van der Waals surface area contributed by atoms with Crippen LogP contribution < -0.4 is 10.1 Å². The minimum Gasteiger partial charge on any atom is -0.493 e. The van der Waals surface area contributed by atoms with Gasteiger partial charge in [0.05, 0.1) is 6.61 Å². The Hall–Kier alpha value is -1.55. The number of ether oxygens (including phenoxy) is 1. The van der Waals surface area contributed by atoms with Gasteiger partial charge in [-0.3, -0.25) is 4.79 Å². The van der Waals surface area contributed by atoms with Crippen molar-refractivity contribution >= 4 is 5.91 Å². The fraction of sp³-hybridized carbons (Fsp3) is 0.533. The minimum absolute atomic E-state index is 0.00660. The molecule has 1 aliphatic heterocycles. The minimum atomic E-state index is 0.00660. The largest absolute Gasteiger partial charge is 0.493 e. The Bertz CT molecular complexity index is 444. The monoisotopic (exact) mass is 262 g/mol. The number of benzene rings is 1. The zero-order valence-corrected chi connectivity index (χ0v) is 11.7. The molecule has 0 saturated heterocycles. The summed E-state index contributed by atoms with van der Waals surface area (Å²) in [6.07, 6.45) is 2.99. The summed E-state index contributed by atoms with van der Waals surface area (Å²) in [6.45, 7) is 2.48. The fourth-order valence-electron chi connectivity index (χ4n) is 2.20. The number of fused-ring (bicyclic) bond motifs is 1. The summed E-state index contributed by atoms with van der Waals surface area (Å²) < 4.78 is 5.55. The molecule has 1 aromatic carbocycles. The molecule has 0 unspecified atom stereocenters. The van der Waals surface area contributed by atoms with Gasteiger partial charge in [-0.2, -0.15) is 0 Å². The molecule has 0 radical (unpaired) electrons. The van der Waals surface area contributed by atoms with E-state index >= 15 is 0 Å². The van der Waals surface area contributed by atoms with E-state index in [4.69, 9.17) is 4.74 Å². The zero-order chi connectivity index (χ0) is 13.7. The lowest BCUT2D eigenvalue weighted by molar-refractivity contribution is 0.0952. The maximum Gasteiger partial charge on any atom is 0.251 e. The van der Waals surface area contributed by atoms with Crippen molar-refractivity contribution in [2.24, 2.45) is 0 Å². The van der Waals surface area contributed by atoms with Gasteiger partial charge in [-0.15, -0.1) is 0 Å². The maximum absolute atomic E-state index is 12.0. The van der Waals surface area contributed by atoms with Crippen molar-refractivity contribution in [2.45, 2.75) is 19.3 Å². The molecule has 19 heavy (non-hydrogen) atoms. The van der Waals surface area contributed by atoms with Crippen molar-refractivity contribution in [3.8, 4) is 5.75 Å². The van der Waals surface area contributed by atoms with Crippen LogP contribution in [0.4, 0.5) is 0 Å². The molecule has 0 atom stereocenters. The Kier molecular flexibility index (Phi) is 4.80. The van der Waals surface area contributed by atoms with Crippen LogP contribution in [0.25, 0.3) is 0 Å². The first kappa shape index (κ1) is 13.9. The van der Waals surface area contributed by atoms with E-state index in [9.17, 15) is 4.79 Å². The smallest absolute Gasteiger partial charge is 0.251 e. The second-order valence-electron chi connectivity index (χ2n) is 5.19. The Morgan fingerprint density at radius 1 is 1.42 bits per heavy atom. The summed E-state index contributed by atoms with van der Waals surface area (Å²) in [6, 6.07) is 5.70. The van der Waals surface area contributed by atoms with E-state index in [1.165, 1.54) is 0 Å². The third-order valence-corrected chi connectivity index (χ3v) is 3.24. The van der Waals surface area contributed by atoms with Crippen molar-refractivity contribution < 1.29 is 9.53 Å². The van der Waals surface area contributed by atoms with E-state index in [1.54, 1.807) is 0 Å². The Labute approximate surface area is 114 Å². The summed E-state index contributed by atoms with van der Waals surface area (Å²) in [4.78, 5) is 14.1. The average Bonchev–Trinajstić information content (AvgIpc) is 2.42. The zero-order valence-electron chi connectivity index (χ0n) is 11.7. The molecule has 1 heterocycles. The molecule has 2 rings (SSSR count). The summed E-state index contributed by atoms with van der Waals surface area (Å²) in [7, 11) is 4.07. The van der Waals surface area contributed by atoms with E-state index in [-0.39, 0.29) is 5.91 Å². The Morgan fingerprint density at radius 2 is 2.26 bits per heavy atom. The standard InChI is InChI=1S/C15H22N2O2/c1-17(2)9-4-8-16-15(18)13-6-7-14-12(11-13)5-3-10-19-14/h6-7,11H,3-5,8-10H2,1-2H3,(H,16,18).